The van der Waals surface area contributed by atoms with Crippen LogP contribution >= 0.6 is 0 Å². The Balaban J connectivity index is 0.000000461. The van der Waals surface area contributed by atoms with Crippen molar-refractivity contribution in [1.82, 2.24) is 9.97 Å². The van der Waals surface area contributed by atoms with E-state index in [-0.39, 0.29) is 0 Å². The fourth-order valence-corrected chi connectivity index (χ4v) is 1.37. The van der Waals surface area contributed by atoms with Crippen LogP contribution in [0.4, 0.5) is 0 Å². The summed E-state index contributed by atoms with van der Waals surface area (Å²) in [5, 5.41) is 1.21. The highest BCUT2D eigenvalue weighted by atomic mass is 14.8. The van der Waals surface area contributed by atoms with Crippen LogP contribution in [-0.4, -0.2) is 9.97 Å². The summed E-state index contributed by atoms with van der Waals surface area (Å²) >= 11 is 0. The van der Waals surface area contributed by atoms with Gasteiger partial charge in [0.05, 0.1) is 0 Å². The minimum absolute atomic E-state index is 0.998. The molecule has 0 aliphatic rings. The van der Waals surface area contributed by atoms with Crippen molar-refractivity contribution in [2.45, 2.75) is 34.1 Å². The number of aromatic nitrogens is 2. The van der Waals surface area contributed by atoms with Crippen molar-refractivity contribution in [1.29, 1.82) is 0 Å². The van der Waals surface area contributed by atoms with Crippen LogP contribution in [0.25, 0.3) is 11.0 Å². The standard InChI is InChI=1S/C10H12N2.C2H6/c1-3-9-5-8-4-7(2)6-11-10(8)12-9;1-2/h4-6H,3H2,1-2H3,(H,11,12);1-2H3. The Morgan fingerprint density at radius 3 is 2.64 bits per heavy atom. The fraction of sp³-hybridized carbons (Fsp3) is 0.417. The third-order valence-electron chi connectivity index (χ3n) is 2.04. The quantitative estimate of drug-likeness (QED) is 0.733. The van der Waals surface area contributed by atoms with E-state index in [9.17, 15) is 0 Å². The van der Waals surface area contributed by atoms with Gasteiger partial charge in [-0.3, -0.25) is 0 Å². The van der Waals surface area contributed by atoms with Crippen molar-refractivity contribution in [2.24, 2.45) is 0 Å². The van der Waals surface area contributed by atoms with Crippen molar-refractivity contribution in [3.63, 3.8) is 0 Å². The van der Waals surface area contributed by atoms with Crippen molar-refractivity contribution in [3.05, 3.63) is 29.6 Å². The molecule has 2 heterocycles. The first-order valence-electron chi connectivity index (χ1n) is 5.24. The van der Waals surface area contributed by atoms with E-state index >= 15 is 0 Å². The molecule has 2 nitrogen and oxygen atoms in total. The van der Waals surface area contributed by atoms with Gasteiger partial charge in [0, 0.05) is 17.3 Å². The average Bonchev–Trinajstić information content (AvgIpc) is 2.62. The van der Waals surface area contributed by atoms with Gasteiger partial charge in [-0.05, 0) is 31.0 Å². The monoisotopic (exact) mass is 190 g/mol. The smallest absolute Gasteiger partial charge is 0.137 e. The molecule has 0 aromatic carbocycles. The van der Waals surface area contributed by atoms with E-state index < -0.39 is 0 Å². The molecule has 0 unspecified atom stereocenters. The number of nitrogens with one attached hydrogen (secondary N) is 1. The Morgan fingerprint density at radius 1 is 1.29 bits per heavy atom. The van der Waals surface area contributed by atoms with Crippen LogP contribution in [0.2, 0.25) is 0 Å². The fourth-order valence-electron chi connectivity index (χ4n) is 1.37. The predicted molar refractivity (Wildman–Crippen MR) is 61.6 cm³/mol. The maximum atomic E-state index is 4.29. The lowest BCUT2D eigenvalue weighted by Gasteiger charge is -1.89. The van der Waals surface area contributed by atoms with Crippen LogP contribution in [0.5, 0.6) is 0 Å². The summed E-state index contributed by atoms with van der Waals surface area (Å²) in [6.45, 7) is 8.20. The Bertz CT molecular complexity index is 402. The number of aromatic amines is 1. The summed E-state index contributed by atoms with van der Waals surface area (Å²) in [4.78, 5) is 7.56. The normalized spacial score (nSPS) is 9.71. The zero-order chi connectivity index (χ0) is 10.6. The minimum Gasteiger partial charge on any atom is -0.343 e. The summed E-state index contributed by atoms with van der Waals surface area (Å²) in [5.41, 5.74) is 3.46. The van der Waals surface area contributed by atoms with Gasteiger partial charge in [-0.25, -0.2) is 4.98 Å². The number of hydrogen-bond donors (Lipinski definition) is 1. The minimum atomic E-state index is 0.998. The maximum absolute atomic E-state index is 4.29. The number of nitrogens with zero attached hydrogens (tertiary/aromatic N) is 1. The first-order chi connectivity index (χ1) is 6.79. The second-order valence-electron chi connectivity index (χ2n) is 3.10. The number of rotatable bonds is 1. The zero-order valence-corrected chi connectivity index (χ0v) is 9.39. The third-order valence-corrected chi connectivity index (χ3v) is 2.04. The van der Waals surface area contributed by atoms with Gasteiger partial charge in [0.1, 0.15) is 5.65 Å². The highest BCUT2D eigenvalue weighted by Gasteiger charge is 1.98. The van der Waals surface area contributed by atoms with Crippen molar-refractivity contribution >= 4 is 11.0 Å². The van der Waals surface area contributed by atoms with Gasteiger partial charge in [0.2, 0.25) is 0 Å². The van der Waals surface area contributed by atoms with Gasteiger partial charge in [-0.1, -0.05) is 20.8 Å². The molecular formula is C12H18N2. The third kappa shape index (κ3) is 2.13. The number of fused-ring (bicyclic) bond motifs is 1. The van der Waals surface area contributed by atoms with Crippen LogP contribution in [-0.2, 0) is 6.42 Å². The Morgan fingerprint density at radius 2 is 2.00 bits per heavy atom. The molecule has 0 aliphatic carbocycles. The summed E-state index contributed by atoms with van der Waals surface area (Å²) in [7, 11) is 0. The summed E-state index contributed by atoms with van der Waals surface area (Å²) in [5.74, 6) is 0. The topological polar surface area (TPSA) is 28.7 Å². The molecule has 76 valence electrons. The largest absolute Gasteiger partial charge is 0.343 e. The van der Waals surface area contributed by atoms with Crippen LogP contribution in [0, 0.1) is 6.92 Å². The Hall–Kier alpha value is -1.31. The number of H-pyrrole nitrogens is 1. The van der Waals surface area contributed by atoms with E-state index in [0.717, 1.165) is 12.1 Å². The van der Waals surface area contributed by atoms with Crippen LogP contribution in [0.15, 0.2) is 18.3 Å². The second-order valence-corrected chi connectivity index (χ2v) is 3.10. The molecule has 0 saturated carbocycles. The first-order valence-corrected chi connectivity index (χ1v) is 5.24. The van der Waals surface area contributed by atoms with Crippen LogP contribution in [0.3, 0.4) is 0 Å². The SMILES string of the molecule is CC.CCc1cc2cc(C)cnc2[nH]1. The zero-order valence-electron chi connectivity index (χ0n) is 9.39. The van der Waals surface area contributed by atoms with Crippen molar-refractivity contribution in [3.8, 4) is 0 Å². The molecule has 0 bridgehead atoms. The molecule has 0 aliphatic heterocycles. The molecule has 0 atom stereocenters. The molecule has 0 spiro atoms. The molecule has 0 fully saturated rings. The van der Waals surface area contributed by atoms with E-state index in [4.69, 9.17) is 0 Å². The summed E-state index contributed by atoms with van der Waals surface area (Å²) in [6.07, 6.45) is 2.92. The second kappa shape index (κ2) is 4.80. The van der Waals surface area contributed by atoms with Crippen LogP contribution in [0.1, 0.15) is 32.0 Å². The predicted octanol–water partition coefficient (Wildman–Crippen LogP) is 3.46. The highest BCUT2D eigenvalue weighted by Crippen LogP contribution is 2.14. The highest BCUT2D eigenvalue weighted by molar-refractivity contribution is 5.76. The van der Waals surface area contributed by atoms with Crippen molar-refractivity contribution in [2.75, 3.05) is 0 Å². The average molecular weight is 190 g/mol. The molecule has 14 heavy (non-hydrogen) atoms. The number of hydrogen-bond acceptors (Lipinski definition) is 1. The lowest BCUT2D eigenvalue weighted by molar-refractivity contribution is 1.07. The molecule has 1 N–H and O–H groups in total. The molecule has 2 aromatic rings. The molecule has 2 heteroatoms. The van der Waals surface area contributed by atoms with Gasteiger partial charge in [0.15, 0.2) is 0 Å². The summed E-state index contributed by atoms with van der Waals surface area (Å²) < 4.78 is 0. The van der Waals surface area contributed by atoms with E-state index in [2.05, 4.69) is 35.9 Å². The molecule has 0 amide bonds. The first kappa shape index (κ1) is 10.8. The van der Waals surface area contributed by atoms with Crippen molar-refractivity contribution < 1.29 is 0 Å². The van der Waals surface area contributed by atoms with E-state index in [1.54, 1.807) is 0 Å². The van der Waals surface area contributed by atoms with Gasteiger partial charge in [-0.15, -0.1) is 0 Å². The molecule has 2 aromatic heterocycles. The van der Waals surface area contributed by atoms with Gasteiger partial charge in [0.25, 0.3) is 0 Å². The molecule has 0 radical (unpaired) electrons. The lowest BCUT2D eigenvalue weighted by atomic mass is 10.2. The maximum Gasteiger partial charge on any atom is 0.137 e. The van der Waals surface area contributed by atoms with E-state index in [1.807, 2.05) is 20.0 Å². The van der Waals surface area contributed by atoms with E-state index in [1.165, 1.54) is 16.6 Å². The van der Waals surface area contributed by atoms with Gasteiger partial charge >= 0.3 is 0 Å². The summed E-state index contributed by atoms with van der Waals surface area (Å²) in [6, 6.07) is 4.31. The van der Waals surface area contributed by atoms with Gasteiger partial charge < -0.3 is 4.98 Å². The molecular weight excluding hydrogens is 172 g/mol. The lowest BCUT2D eigenvalue weighted by Crippen LogP contribution is -1.79. The Labute approximate surface area is 85.4 Å². The molecule has 2 rings (SSSR count). The van der Waals surface area contributed by atoms with Crippen LogP contribution < -0.4 is 0 Å². The Kier molecular flexibility index (Phi) is 3.69. The number of aryl methyl sites for hydroxylation is 2. The van der Waals surface area contributed by atoms with E-state index in [0.29, 0.717) is 0 Å². The molecule has 0 saturated heterocycles. The van der Waals surface area contributed by atoms with Gasteiger partial charge in [-0.2, -0.15) is 0 Å². The number of pyridine rings is 1.